The van der Waals surface area contributed by atoms with Gasteiger partial charge in [-0.05, 0) is 59.0 Å². The minimum Gasteiger partial charge on any atom is -0.399 e. The van der Waals surface area contributed by atoms with E-state index in [-0.39, 0.29) is 0 Å². The Kier molecular flexibility index (Phi) is 6.91. The Balaban J connectivity index is 0.000000130. The van der Waals surface area contributed by atoms with Gasteiger partial charge >= 0.3 is 0 Å². The molecule has 5 aromatic rings. The van der Waals surface area contributed by atoms with E-state index in [0.29, 0.717) is 0 Å². The summed E-state index contributed by atoms with van der Waals surface area (Å²) in [5.74, 6) is 0. The van der Waals surface area contributed by atoms with Crippen molar-refractivity contribution in [1.82, 2.24) is 0 Å². The van der Waals surface area contributed by atoms with E-state index in [9.17, 15) is 0 Å². The highest BCUT2D eigenvalue weighted by Crippen LogP contribution is 2.19. The first-order valence-electron chi connectivity index (χ1n) is 9.82. The summed E-state index contributed by atoms with van der Waals surface area (Å²) in [5.41, 5.74) is 20.6. The largest absolute Gasteiger partial charge is 0.399 e. The number of benzene rings is 5. The van der Waals surface area contributed by atoms with Crippen molar-refractivity contribution < 1.29 is 0 Å². The molecular formula is C27H27N3. The maximum atomic E-state index is 5.76. The molecule has 0 heterocycles. The molecule has 150 valence electrons. The fraction of sp³-hybridized carbons (Fsp3) is 0.0370. The summed E-state index contributed by atoms with van der Waals surface area (Å²) < 4.78 is 0. The Hall–Kier alpha value is -3.98. The normalized spacial score (nSPS) is 9.90. The molecule has 0 amide bonds. The summed E-state index contributed by atoms with van der Waals surface area (Å²) >= 11 is 0. The smallest absolute Gasteiger partial charge is 0.0393 e. The van der Waals surface area contributed by atoms with E-state index < -0.39 is 0 Å². The van der Waals surface area contributed by atoms with Crippen LogP contribution in [0.4, 0.5) is 17.1 Å². The van der Waals surface area contributed by atoms with Crippen LogP contribution in [0.3, 0.4) is 0 Å². The molecule has 0 aromatic heterocycles. The van der Waals surface area contributed by atoms with Gasteiger partial charge in [-0.3, -0.25) is 0 Å². The Morgan fingerprint density at radius 3 is 1.73 bits per heavy atom. The van der Waals surface area contributed by atoms with E-state index in [1.807, 2.05) is 91.9 Å². The molecule has 3 heteroatoms. The van der Waals surface area contributed by atoms with Crippen LogP contribution in [0, 0.1) is 6.92 Å². The van der Waals surface area contributed by atoms with Crippen molar-refractivity contribution >= 4 is 38.6 Å². The Bertz CT molecular complexity index is 1220. The maximum absolute atomic E-state index is 5.76. The maximum Gasteiger partial charge on any atom is 0.0393 e. The minimum atomic E-state index is 0.823. The zero-order chi connectivity index (χ0) is 21.3. The van der Waals surface area contributed by atoms with Crippen LogP contribution in [0.2, 0.25) is 0 Å². The molecular weight excluding hydrogens is 366 g/mol. The molecule has 3 nitrogen and oxygen atoms in total. The van der Waals surface area contributed by atoms with Gasteiger partial charge in [-0.2, -0.15) is 0 Å². The lowest BCUT2D eigenvalue weighted by atomic mass is 10.1. The van der Waals surface area contributed by atoms with Gasteiger partial charge in [0.25, 0.3) is 0 Å². The topological polar surface area (TPSA) is 78.1 Å². The molecule has 5 aromatic carbocycles. The lowest BCUT2D eigenvalue weighted by Crippen LogP contribution is -1.84. The third kappa shape index (κ3) is 5.76. The van der Waals surface area contributed by atoms with Crippen LogP contribution >= 0.6 is 0 Å². The molecule has 0 aliphatic rings. The zero-order valence-corrected chi connectivity index (χ0v) is 17.1. The lowest BCUT2D eigenvalue weighted by Gasteiger charge is -1.98. The molecule has 0 unspecified atom stereocenters. The summed E-state index contributed by atoms with van der Waals surface area (Å²) in [7, 11) is 0. The first kappa shape index (κ1) is 20.7. The lowest BCUT2D eigenvalue weighted by molar-refractivity contribution is 1.47. The monoisotopic (exact) mass is 393 g/mol. The standard InChI is InChI=1S/2C10H9N.C7H9N/c11-10-7-3-5-8-4-1-2-6-9(8)10;11-10-6-5-8-3-1-2-4-9(8)7-10;1-6-3-2-4-7(8)5-6/h2*1-7H,11H2;2-5H,8H2,1H3. The summed E-state index contributed by atoms with van der Waals surface area (Å²) in [4.78, 5) is 0. The molecule has 6 N–H and O–H groups in total. The van der Waals surface area contributed by atoms with Gasteiger partial charge in [-0.1, -0.05) is 78.9 Å². The van der Waals surface area contributed by atoms with Crippen molar-refractivity contribution in [1.29, 1.82) is 0 Å². The number of hydrogen-bond acceptors (Lipinski definition) is 3. The van der Waals surface area contributed by atoms with Crippen LogP contribution in [0.5, 0.6) is 0 Å². The SMILES string of the molecule is Cc1cccc(N)c1.Nc1ccc2ccccc2c1.Nc1cccc2ccccc12. The molecule has 0 radical (unpaired) electrons. The van der Waals surface area contributed by atoms with Gasteiger partial charge in [-0.15, -0.1) is 0 Å². The highest BCUT2D eigenvalue weighted by Gasteiger charge is 1.93. The second-order valence-electron chi connectivity index (χ2n) is 7.09. The van der Waals surface area contributed by atoms with Crippen LogP contribution in [0.1, 0.15) is 5.56 Å². The molecule has 0 spiro atoms. The van der Waals surface area contributed by atoms with E-state index in [0.717, 1.165) is 22.4 Å². The number of rotatable bonds is 0. The second kappa shape index (κ2) is 9.99. The van der Waals surface area contributed by atoms with Crippen LogP contribution in [0.25, 0.3) is 21.5 Å². The molecule has 0 fully saturated rings. The van der Waals surface area contributed by atoms with Crippen LogP contribution in [0.15, 0.2) is 109 Å². The predicted octanol–water partition coefficient (Wildman–Crippen LogP) is 6.42. The first-order chi connectivity index (χ1) is 14.5. The number of hydrogen-bond donors (Lipinski definition) is 3. The average Bonchev–Trinajstić information content (AvgIpc) is 2.75. The first-order valence-corrected chi connectivity index (χ1v) is 9.82. The molecule has 0 saturated heterocycles. The van der Waals surface area contributed by atoms with Gasteiger partial charge in [0.2, 0.25) is 0 Å². The number of nitrogens with two attached hydrogens (primary N) is 3. The van der Waals surface area contributed by atoms with E-state index in [2.05, 4.69) is 24.3 Å². The van der Waals surface area contributed by atoms with Crippen molar-refractivity contribution in [3.63, 3.8) is 0 Å². The van der Waals surface area contributed by atoms with E-state index in [1.54, 1.807) is 0 Å². The molecule has 0 bridgehead atoms. The molecule has 0 atom stereocenters. The third-order valence-corrected chi connectivity index (χ3v) is 4.64. The number of anilines is 3. The second-order valence-corrected chi connectivity index (χ2v) is 7.09. The van der Waals surface area contributed by atoms with Crippen molar-refractivity contribution in [2.24, 2.45) is 0 Å². The van der Waals surface area contributed by atoms with E-state index in [1.165, 1.54) is 21.7 Å². The molecule has 0 aliphatic carbocycles. The highest BCUT2D eigenvalue weighted by atomic mass is 14.5. The predicted molar refractivity (Wildman–Crippen MR) is 132 cm³/mol. The fourth-order valence-electron chi connectivity index (χ4n) is 3.13. The van der Waals surface area contributed by atoms with Crippen LogP contribution in [-0.2, 0) is 0 Å². The summed E-state index contributed by atoms with van der Waals surface area (Å²) in [6, 6.07) is 36.0. The summed E-state index contributed by atoms with van der Waals surface area (Å²) in [5, 5.41) is 4.77. The van der Waals surface area contributed by atoms with Crippen molar-refractivity contribution in [2.75, 3.05) is 17.2 Å². The van der Waals surface area contributed by atoms with Gasteiger partial charge < -0.3 is 17.2 Å². The third-order valence-electron chi connectivity index (χ3n) is 4.64. The minimum absolute atomic E-state index is 0.823. The van der Waals surface area contributed by atoms with E-state index in [4.69, 9.17) is 17.2 Å². The van der Waals surface area contributed by atoms with Gasteiger partial charge in [0.15, 0.2) is 0 Å². The fourth-order valence-corrected chi connectivity index (χ4v) is 3.13. The number of aryl methyl sites for hydroxylation is 1. The Labute approximate surface area is 177 Å². The molecule has 30 heavy (non-hydrogen) atoms. The van der Waals surface area contributed by atoms with Gasteiger partial charge in [0, 0.05) is 22.4 Å². The zero-order valence-electron chi connectivity index (χ0n) is 17.1. The Morgan fingerprint density at radius 1 is 0.467 bits per heavy atom. The Morgan fingerprint density at radius 2 is 1.07 bits per heavy atom. The highest BCUT2D eigenvalue weighted by molar-refractivity contribution is 5.92. The molecule has 0 saturated carbocycles. The average molecular weight is 394 g/mol. The summed E-state index contributed by atoms with van der Waals surface area (Å²) in [6.45, 7) is 2.02. The van der Waals surface area contributed by atoms with Crippen LogP contribution < -0.4 is 17.2 Å². The van der Waals surface area contributed by atoms with Gasteiger partial charge in [0.1, 0.15) is 0 Å². The molecule has 0 aliphatic heterocycles. The quantitative estimate of drug-likeness (QED) is 0.266. The van der Waals surface area contributed by atoms with Crippen molar-refractivity contribution in [3.05, 3.63) is 115 Å². The van der Waals surface area contributed by atoms with Crippen molar-refractivity contribution in [3.8, 4) is 0 Å². The van der Waals surface area contributed by atoms with Gasteiger partial charge in [0.05, 0.1) is 0 Å². The van der Waals surface area contributed by atoms with E-state index >= 15 is 0 Å². The van der Waals surface area contributed by atoms with Crippen LogP contribution in [-0.4, -0.2) is 0 Å². The number of fused-ring (bicyclic) bond motifs is 2. The summed E-state index contributed by atoms with van der Waals surface area (Å²) in [6.07, 6.45) is 0. The molecule has 5 rings (SSSR count). The van der Waals surface area contributed by atoms with Gasteiger partial charge in [-0.25, -0.2) is 0 Å². The number of nitrogen functional groups attached to an aromatic ring is 3. The van der Waals surface area contributed by atoms with Crippen molar-refractivity contribution in [2.45, 2.75) is 6.92 Å².